The number of carbonyl (C=O) groups is 3. The van der Waals surface area contributed by atoms with Crippen LogP contribution >= 0.6 is 0 Å². The number of nitrogens with zero attached hydrogens (tertiary/aromatic N) is 2. The van der Waals surface area contributed by atoms with Crippen LogP contribution < -0.4 is 5.32 Å². The Morgan fingerprint density at radius 2 is 2.00 bits per heavy atom. The van der Waals surface area contributed by atoms with Gasteiger partial charge in [-0.25, -0.2) is 0 Å². The van der Waals surface area contributed by atoms with Crippen LogP contribution in [-0.2, 0) is 14.4 Å². The molecule has 1 aliphatic carbocycles. The lowest BCUT2D eigenvalue weighted by atomic mass is 9.88. The maximum absolute atomic E-state index is 12.5. The zero-order chi connectivity index (χ0) is 19.6. The second kappa shape index (κ2) is 7.98. The van der Waals surface area contributed by atoms with E-state index in [1.807, 2.05) is 7.05 Å². The Morgan fingerprint density at radius 3 is 2.74 bits per heavy atom. The van der Waals surface area contributed by atoms with Gasteiger partial charge in [0.05, 0.1) is 0 Å². The van der Waals surface area contributed by atoms with Crippen LogP contribution in [0.5, 0.6) is 5.75 Å². The highest BCUT2D eigenvalue weighted by atomic mass is 16.3. The fourth-order valence-electron chi connectivity index (χ4n) is 4.21. The van der Waals surface area contributed by atoms with Gasteiger partial charge in [0.1, 0.15) is 5.75 Å². The Kier molecular flexibility index (Phi) is 5.68. The zero-order valence-corrected chi connectivity index (χ0v) is 15.9. The highest BCUT2D eigenvalue weighted by Crippen LogP contribution is 2.40. The van der Waals surface area contributed by atoms with Gasteiger partial charge in [-0.1, -0.05) is 6.07 Å². The minimum Gasteiger partial charge on any atom is -0.508 e. The van der Waals surface area contributed by atoms with E-state index < -0.39 is 0 Å². The van der Waals surface area contributed by atoms with Crippen molar-refractivity contribution in [3.63, 3.8) is 0 Å². The van der Waals surface area contributed by atoms with Crippen molar-refractivity contribution in [3.8, 4) is 5.75 Å². The number of amides is 3. The molecule has 3 atom stereocenters. The highest BCUT2D eigenvalue weighted by molar-refractivity contribution is 5.93. The number of anilines is 1. The second-order valence-electron chi connectivity index (χ2n) is 7.73. The fourth-order valence-corrected chi connectivity index (χ4v) is 4.21. The molecule has 3 rings (SSSR count). The molecule has 7 nitrogen and oxygen atoms in total. The average molecular weight is 373 g/mol. The predicted molar refractivity (Wildman–Crippen MR) is 101 cm³/mol. The Bertz CT molecular complexity index is 736. The first-order valence-corrected chi connectivity index (χ1v) is 9.42. The van der Waals surface area contributed by atoms with E-state index in [2.05, 4.69) is 5.32 Å². The average Bonchev–Trinajstić information content (AvgIpc) is 3.02. The number of piperidine rings is 1. The molecule has 1 saturated carbocycles. The molecule has 2 fully saturated rings. The van der Waals surface area contributed by atoms with Gasteiger partial charge in [-0.05, 0) is 36.8 Å². The molecule has 0 spiro atoms. The normalized spacial score (nSPS) is 24.4. The van der Waals surface area contributed by atoms with Crippen LogP contribution in [0.3, 0.4) is 0 Å². The number of fused-ring (bicyclic) bond motifs is 1. The van der Waals surface area contributed by atoms with E-state index in [9.17, 15) is 19.5 Å². The molecule has 1 aromatic carbocycles. The number of benzene rings is 1. The van der Waals surface area contributed by atoms with Gasteiger partial charge in [-0.2, -0.15) is 0 Å². The Hall–Kier alpha value is -2.57. The van der Waals surface area contributed by atoms with Gasteiger partial charge < -0.3 is 20.2 Å². The van der Waals surface area contributed by atoms with E-state index in [1.165, 1.54) is 12.1 Å². The van der Waals surface area contributed by atoms with Gasteiger partial charge in [-0.3, -0.25) is 14.4 Å². The molecule has 146 valence electrons. The molecule has 7 heteroatoms. The van der Waals surface area contributed by atoms with Crippen molar-refractivity contribution in [2.45, 2.75) is 38.1 Å². The van der Waals surface area contributed by atoms with Crippen molar-refractivity contribution in [2.75, 3.05) is 26.0 Å². The summed E-state index contributed by atoms with van der Waals surface area (Å²) >= 11 is 0. The summed E-state index contributed by atoms with van der Waals surface area (Å²) in [7, 11) is 3.63. The molecule has 2 N–H and O–H groups in total. The highest BCUT2D eigenvalue weighted by Gasteiger charge is 2.42. The number of phenols is 1. The summed E-state index contributed by atoms with van der Waals surface area (Å²) in [6.07, 6.45) is 2.60. The minimum atomic E-state index is -0.255. The van der Waals surface area contributed by atoms with Crippen molar-refractivity contribution in [3.05, 3.63) is 24.3 Å². The zero-order valence-electron chi connectivity index (χ0n) is 15.9. The third kappa shape index (κ3) is 4.59. The van der Waals surface area contributed by atoms with Gasteiger partial charge in [0, 0.05) is 57.7 Å². The summed E-state index contributed by atoms with van der Waals surface area (Å²) in [4.78, 5) is 40.0. The van der Waals surface area contributed by atoms with Gasteiger partial charge in [0.2, 0.25) is 17.7 Å². The molecule has 2 aliphatic rings. The molecule has 3 amide bonds. The summed E-state index contributed by atoms with van der Waals surface area (Å²) in [5.41, 5.74) is 0.509. The third-order valence-electron chi connectivity index (χ3n) is 5.82. The number of likely N-dealkylation sites (tertiary alicyclic amines) is 1. The van der Waals surface area contributed by atoms with E-state index in [0.717, 1.165) is 19.4 Å². The second-order valence-corrected chi connectivity index (χ2v) is 7.73. The molecule has 0 aromatic heterocycles. The van der Waals surface area contributed by atoms with Crippen LogP contribution in [0.15, 0.2) is 24.3 Å². The molecule has 0 bridgehead atoms. The molecule has 1 aromatic rings. The van der Waals surface area contributed by atoms with Crippen LogP contribution in [0.1, 0.15) is 32.1 Å². The molecule has 1 saturated heterocycles. The van der Waals surface area contributed by atoms with E-state index in [-0.39, 0.29) is 42.4 Å². The van der Waals surface area contributed by atoms with Crippen LogP contribution in [0.25, 0.3) is 0 Å². The number of rotatable bonds is 5. The topological polar surface area (TPSA) is 90.0 Å². The number of carbonyl (C=O) groups excluding carboxylic acids is 3. The largest absolute Gasteiger partial charge is 0.508 e. The van der Waals surface area contributed by atoms with Gasteiger partial charge in [-0.15, -0.1) is 0 Å². The van der Waals surface area contributed by atoms with Crippen molar-refractivity contribution in [1.82, 2.24) is 9.80 Å². The maximum Gasteiger partial charge on any atom is 0.224 e. The molecular weight excluding hydrogens is 346 g/mol. The number of nitrogens with one attached hydrogen (secondary N) is 1. The van der Waals surface area contributed by atoms with E-state index >= 15 is 0 Å². The van der Waals surface area contributed by atoms with Crippen molar-refractivity contribution in [1.29, 1.82) is 0 Å². The monoisotopic (exact) mass is 373 g/mol. The molecule has 0 radical (unpaired) electrons. The van der Waals surface area contributed by atoms with Crippen LogP contribution in [0.4, 0.5) is 5.69 Å². The SMILES string of the molecule is CN1C[C@@H]2C[C@H](N(C)C(=O)CCC(=O)Nc3cccc(O)c3)C[C@@H]2CC1=O. The third-order valence-corrected chi connectivity index (χ3v) is 5.82. The lowest BCUT2D eigenvalue weighted by molar-refractivity contribution is -0.135. The van der Waals surface area contributed by atoms with E-state index in [1.54, 1.807) is 29.0 Å². The van der Waals surface area contributed by atoms with Gasteiger partial charge in [0.15, 0.2) is 0 Å². The summed E-state index contributed by atoms with van der Waals surface area (Å²) in [6.45, 7) is 0.772. The summed E-state index contributed by atoms with van der Waals surface area (Å²) in [5.74, 6) is 0.786. The van der Waals surface area contributed by atoms with Crippen molar-refractivity contribution < 1.29 is 19.5 Å². The quantitative estimate of drug-likeness (QED) is 0.824. The Labute approximate surface area is 159 Å². The van der Waals surface area contributed by atoms with Crippen molar-refractivity contribution in [2.24, 2.45) is 11.8 Å². The van der Waals surface area contributed by atoms with Crippen LogP contribution in [0.2, 0.25) is 0 Å². The molecular formula is C20H27N3O4. The lowest BCUT2D eigenvalue weighted by Gasteiger charge is -2.31. The fraction of sp³-hybridized carbons (Fsp3) is 0.550. The smallest absolute Gasteiger partial charge is 0.224 e. The lowest BCUT2D eigenvalue weighted by Crippen LogP contribution is -2.40. The van der Waals surface area contributed by atoms with Gasteiger partial charge in [0.25, 0.3) is 0 Å². The molecule has 1 aliphatic heterocycles. The van der Waals surface area contributed by atoms with Gasteiger partial charge >= 0.3 is 0 Å². The van der Waals surface area contributed by atoms with E-state index in [4.69, 9.17) is 0 Å². The number of phenolic OH excluding ortho intramolecular Hbond substituents is 1. The standard InChI is InChI=1S/C20H27N3O4/c1-22-12-14-9-16(8-13(14)10-20(22)27)23(2)19(26)7-6-18(25)21-15-4-3-5-17(24)11-15/h3-5,11,13-14,16,24H,6-10,12H2,1-2H3,(H,21,25)/t13-,14+,16-/m1/s1. The molecule has 0 unspecified atom stereocenters. The van der Waals surface area contributed by atoms with Crippen LogP contribution in [-0.4, -0.2) is 59.3 Å². The molecule has 1 heterocycles. The number of aromatic hydroxyl groups is 1. The first-order valence-electron chi connectivity index (χ1n) is 9.42. The predicted octanol–water partition coefficient (Wildman–Crippen LogP) is 1.83. The summed E-state index contributed by atoms with van der Waals surface area (Å²) in [6, 6.07) is 6.46. The maximum atomic E-state index is 12.5. The Morgan fingerprint density at radius 1 is 1.26 bits per heavy atom. The first kappa shape index (κ1) is 19.2. The van der Waals surface area contributed by atoms with Crippen LogP contribution in [0, 0.1) is 11.8 Å². The first-order chi connectivity index (χ1) is 12.8. The number of hydrogen-bond donors (Lipinski definition) is 2. The minimum absolute atomic E-state index is 0.0515. The molecule has 27 heavy (non-hydrogen) atoms. The summed E-state index contributed by atoms with van der Waals surface area (Å²) in [5, 5.41) is 12.1. The summed E-state index contributed by atoms with van der Waals surface area (Å²) < 4.78 is 0. The Balaban J connectivity index is 1.47. The number of hydrogen-bond acceptors (Lipinski definition) is 4. The van der Waals surface area contributed by atoms with E-state index in [0.29, 0.717) is 23.9 Å². The van der Waals surface area contributed by atoms with Crippen molar-refractivity contribution >= 4 is 23.4 Å².